The number of carbonyl (C=O) groups is 1. The van der Waals surface area contributed by atoms with Crippen molar-refractivity contribution >= 4 is 11.8 Å². The molecule has 82 valence electrons. The van der Waals surface area contributed by atoms with Crippen molar-refractivity contribution in [2.75, 3.05) is 11.9 Å². The molecule has 0 saturated heterocycles. The lowest BCUT2D eigenvalue weighted by Crippen LogP contribution is -2.16. The van der Waals surface area contributed by atoms with E-state index >= 15 is 0 Å². The van der Waals surface area contributed by atoms with Gasteiger partial charge in [-0.3, -0.25) is 5.32 Å². The molecule has 15 heavy (non-hydrogen) atoms. The van der Waals surface area contributed by atoms with Gasteiger partial charge in [0.1, 0.15) is 5.82 Å². The summed E-state index contributed by atoms with van der Waals surface area (Å²) in [6, 6.07) is 4.36. The SMILES string of the molecule is CCOC(=O)Nc1cccc(F)c1CN. The van der Waals surface area contributed by atoms with Crippen molar-refractivity contribution in [1.82, 2.24) is 0 Å². The molecule has 1 rings (SSSR count). The summed E-state index contributed by atoms with van der Waals surface area (Å²) >= 11 is 0. The largest absolute Gasteiger partial charge is 0.450 e. The lowest BCUT2D eigenvalue weighted by atomic mass is 10.1. The minimum Gasteiger partial charge on any atom is -0.450 e. The van der Waals surface area contributed by atoms with E-state index in [4.69, 9.17) is 5.73 Å². The van der Waals surface area contributed by atoms with E-state index in [1.54, 1.807) is 13.0 Å². The second-order valence-corrected chi connectivity index (χ2v) is 2.82. The van der Waals surface area contributed by atoms with Crippen molar-refractivity contribution in [1.29, 1.82) is 0 Å². The minimum absolute atomic E-state index is 0.0222. The second kappa shape index (κ2) is 5.31. The van der Waals surface area contributed by atoms with E-state index < -0.39 is 11.9 Å². The van der Waals surface area contributed by atoms with E-state index in [2.05, 4.69) is 10.1 Å². The van der Waals surface area contributed by atoms with Crippen LogP contribution < -0.4 is 11.1 Å². The van der Waals surface area contributed by atoms with Gasteiger partial charge in [-0.1, -0.05) is 6.07 Å². The molecule has 0 unspecified atom stereocenters. The topological polar surface area (TPSA) is 64.3 Å². The Bertz CT molecular complexity index is 355. The van der Waals surface area contributed by atoms with Crippen molar-refractivity contribution in [3.63, 3.8) is 0 Å². The van der Waals surface area contributed by atoms with Crippen LogP contribution in [-0.4, -0.2) is 12.7 Å². The number of nitrogens with two attached hydrogens (primary N) is 1. The highest BCUT2D eigenvalue weighted by molar-refractivity contribution is 5.85. The van der Waals surface area contributed by atoms with Crippen molar-refractivity contribution in [2.45, 2.75) is 13.5 Å². The highest BCUT2D eigenvalue weighted by Gasteiger charge is 2.09. The van der Waals surface area contributed by atoms with Gasteiger partial charge in [0, 0.05) is 12.1 Å². The molecule has 0 bridgehead atoms. The zero-order valence-electron chi connectivity index (χ0n) is 8.42. The standard InChI is InChI=1S/C10H13FN2O2/c1-2-15-10(14)13-9-5-3-4-8(11)7(9)6-12/h3-5H,2,6,12H2,1H3,(H,13,14). The lowest BCUT2D eigenvalue weighted by molar-refractivity contribution is 0.168. The fourth-order valence-corrected chi connectivity index (χ4v) is 1.16. The van der Waals surface area contributed by atoms with Crippen LogP contribution in [0.2, 0.25) is 0 Å². The number of carbonyl (C=O) groups excluding carboxylic acids is 1. The Labute approximate surface area is 87.2 Å². The Hall–Kier alpha value is -1.62. The van der Waals surface area contributed by atoms with Gasteiger partial charge in [-0.15, -0.1) is 0 Å². The molecule has 0 saturated carbocycles. The third-order valence-corrected chi connectivity index (χ3v) is 1.84. The normalized spacial score (nSPS) is 9.80. The predicted molar refractivity (Wildman–Crippen MR) is 54.9 cm³/mol. The number of hydrogen-bond acceptors (Lipinski definition) is 3. The molecule has 0 atom stereocenters. The van der Waals surface area contributed by atoms with Crippen molar-refractivity contribution in [3.05, 3.63) is 29.6 Å². The van der Waals surface area contributed by atoms with Crippen LogP contribution in [0.25, 0.3) is 0 Å². The lowest BCUT2D eigenvalue weighted by Gasteiger charge is -2.09. The van der Waals surface area contributed by atoms with Gasteiger partial charge in [0.25, 0.3) is 0 Å². The predicted octanol–water partition coefficient (Wildman–Crippen LogP) is 1.85. The summed E-state index contributed by atoms with van der Waals surface area (Å²) < 4.78 is 17.9. The number of benzene rings is 1. The molecular weight excluding hydrogens is 199 g/mol. The molecule has 0 heterocycles. The molecule has 0 spiro atoms. The number of halogens is 1. The summed E-state index contributed by atoms with van der Waals surface area (Å²) in [5.41, 5.74) is 5.98. The first kappa shape index (κ1) is 11.5. The Morgan fingerprint density at radius 1 is 1.60 bits per heavy atom. The van der Waals surface area contributed by atoms with E-state index in [9.17, 15) is 9.18 Å². The molecule has 0 aliphatic rings. The average molecular weight is 212 g/mol. The molecule has 1 aromatic rings. The summed E-state index contributed by atoms with van der Waals surface area (Å²) in [5.74, 6) is -0.438. The smallest absolute Gasteiger partial charge is 0.411 e. The Morgan fingerprint density at radius 2 is 2.33 bits per heavy atom. The number of amides is 1. The maximum atomic E-state index is 13.2. The Balaban J connectivity index is 2.84. The fourth-order valence-electron chi connectivity index (χ4n) is 1.16. The van der Waals surface area contributed by atoms with E-state index in [-0.39, 0.29) is 18.7 Å². The molecule has 0 aliphatic heterocycles. The van der Waals surface area contributed by atoms with Crippen LogP contribution in [0.5, 0.6) is 0 Å². The number of hydrogen-bond donors (Lipinski definition) is 2. The number of nitrogens with one attached hydrogen (secondary N) is 1. The maximum Gasteiger partial charge on any atom is 0.411 e. The highest BCUT2D eigenvalue weighted by Crippen LogP contribution is 2.18. The van der Waals surface area contributed by atoms with Gasteiger partial charge in [-0.2, -0.15) is 0 Å². The van der Waals surface area contributed by atoms with Crippen LogP contribution in [0, 0.1) is 5.82 Å². The maximum absolute atomic E-state index is 13.2. The van der Waals surface area contributed by atoms with E-state index in [0.717, 1.165) is 0 Å². The summed E-state index contributed by atoms with van der Waals surface area (Å²) in [4.78, 5) is 11.1. The monoisotopic (exact) mass is 212 g/mol. The molecule has 3 N–H and O–H groups in total. The minimum atomic E-state index is -0.613. The van der Waals surface area contributed by atoms with Gasteiger partial charge in [0.15, 0.2) is 0 Å². The molecule has 0 aliphatic carbocycles. The number of anilines is 1. The first-order valence-electron chi connectivity index (χ1n) is 4.60. The van der Waals surface area contributed by atoms with Gasteiger partial charge >= 0.3 is 6.09 Å². The average Bonchev–Trinajstić information content (AvgIpc) is 2.18. The summed E-state index contributed by atoms with van der Waals surface area (Å²) in [6.07, 6.45) is -0.613. The first-order chi connectivity index (χ1) is 7.19. The summed E-state index contributed by atoms with van der Waals surface area (Å²) in [5, 5.41) is 2.42. The summed E-state index contributed by atoms with van der Waals surface area (Å²) in [7, 11) is 0. The Kier molecular flexibility index (Phi) is 4.05. The van der Waals surface area contributed by atoms with Gasteiger partial charge in [-0.25, -0.2) is 9.18 Å². The molecule has 5 heteroatoms. The molecule has 0 aromatic heterocycles. The number of rotatable bonds is 3. The Morgan fingerprint density at radius 3 is 2.93 bits per heavy atom. The van der Waals surface area contributed by atoms with E-state index in [1.165, 1.54) is 12.1 Å². The van der Waals surface area contributed by atoms with Crippen LogP contribution >= 0.6 is 0 Å². The van der Waals surface area contributed by atoms with E-state index in [0.29, 0.717) is 5.69 Å². The summed E-state index contributed by atoms with van der Waals surface area (Å²) in [6.45, 7) is 1.97. The van der Waals surface area contributed by atoms with Crippen LogP contribution in [0.1, 0.15) is 12.5 Å². The molecule has 4 nitrogen and oxygen atoms in total. The quantitative estimate of drug-likeness (QED) is 0.803. The third-order valence-electron chi connectivity index (χ3n) is 1.84. The van der Waals surface area contributed by atoms with Crippen molar-refractivity contribution in [2.24, 2.45) is 5.73 Å². The molecule has 1 aromatic carbocycles. The zero-order valence-corrected chi connectivity index (χ0v) is 8.42. The third kappa shape index (κ3) is 2.92. The van der Waals surface area contributed by atoms with Crippen LogP contribution in [0.15, 0.2) is 18.2 Å². The van der Waals surface area contributed by atoms with Gasteiger partial charge in [0.05, 0.1) is 12.3 Å². The number of ether oxygens (including phenoxy) is 1. The van der Waals surface area contributed by atoms with Crippen LogP contribution in [0.3, 0.4) is 0 Å². The molecule has 1 amide bonds. The van der Waals surface area contributed by atoms with E-state index in [1.807, 2.05) is 0 Å². The van der Waals surface area contributed by atoms with Crippen LogP contribution in [0.4, 0.5) is 14.9 Å². The zero-order chi connectivity index (χ0) is 11.3. The van der Waals surface area contributed by atoms with Gasteiger partial charge in [0.2, 0.25) is 0 Å². The van der Waals surface area contributed by atoms with Gasteiger partial charge in [-0.05, 0) is 19.1 Å². The van der Waals surface area contributed by atoms with Crippen molar-refractivity contribution < 1.29 is 13.9 Å². The molecule has 0 fully saturated rings. The second-order valence-electron chi connectivity index (χ2n) is 2.82. The van der Waals surface area contributed by atoms with Crippen LogP contribution in [-0.2, 0) is 11.3 Å². The first-order valence-corrected chi connectivity index (χ1v) is 4.60. The molecular formula is C10H13FN2O2. The van der Waals surface area contributed by atoms with Crippen molar-refractivity contribution in [3.8, 4) is 0 Å². The molecule has 0 radical (unpaired) electrons. The van der Waals surface area contributed by atoms with Gasteiger partial charge < -0.3 is 10.5 Å². The highest BCUT2D eigenvalue weighted by atomic mass is 19.1. The fraction of sp³-hybridized carbons (Fsp3) is 0.300.